The molecule has 0 radical (unpaired) electrons. The molecule has 15 heavy (non-hydrogen) atoms. The van der Waals surface area contributed by atoms with Gasteiger partial charge >= 0.3 is 5.97 Å². The second-order valence-electron chi connectivity index (χ2n) is 4.38. The molecule has 0 rings (SSSR count). The Balaban J connectivity index is 4.50. The molecular formula is C12H23NO2. The second kappa shape index (κ2) is 5.91. The maximum atomic E-state index is 10.6. The SMILES string of the molecule is CCN(CC)C(C)(C)C/C=C(\C)C(=O)O. The normalized spacial score (nSPS) is 13.3. The Kier molecular flexibility index (Phi) is 5.58. The first-order valence-corrected chi connectivity index (χ1v) is 5.50. The second-order valence-corrected chi connectivity index (χ2v) is 4.38. The number of rotatable bonds is 6. The van der Waals surface area contributed by atoms with Crippen molar-refractivity contribution in [2.45, 2.75) is 46.6 Å². The van der Waals surface area contributed by atoms with Gasteiger partial charge in [-0.1, -0.05) is 19.9 Å². The van der Waals surface area contributed by atoms with Crippen molar-refractivity contribution in [3.8, 4) is 0 Å². The predicted molar refractivity (Wildman–Crippen MR) is 63.0 cm³/mol. The van der Waals surface area contributed by atoms with Crippen LogP contribution in [0.25, 0.3) is 0 Å². The van der Waals surface area contributed by atoms with Gasteiger partial charge in [0, 0.05) is 11.1 Å². The zero-order valence-electron chi connectivity index (χ0n) is 10.5. The van der Waals surface area contributed by atoms with Crippen molar-refractivity contribution in [3.63, 3.8) is 0 Å². The van der Waals surface area contributed by atoms with Gasteiger partial charge in [0.1, 0.15) is 0 Å². The summed E-state index contributed by atoms with van der Waals surface area (Å²) in [5.41, 5.74) is 0.454. The van der Waals surface area contributed by atoms with Crippen molar-refractivity contribution in [1.82, 2.24) is 4.90 Å². The van der Waals surface area contributed by atoms with Gasteiger partial charge in [0.05, 0.1) is 0 Å². The van der Waals surface area contributed by atoms with Gasteiger partial charge in [-0.25, -0.2) is 4.79 Å². The standard InChI is InChI=1S/C12H23NO2/c1-6-13(7-2)12(4,5)9-8-10(3)11(14)15/h8H,6-7,9H2,1-5H3,(H,14,15)/b10-8+. The summed E-state index contributed by atoms with van der Waals surface area (Å²) in [5, 5.41) is 8.75. The summed E-state index contributed by atoms with van der Waals surface area (Å²) in [6, 6.07) is 0. The molecular weight excluding hydrogens is 190 g/mol. The summed E-state index contributed by atoms with van der Waals surface area (Å²) in [5.74, 6) is -0.828. The van der Waals surface area contributed by atoms with Crippen molar-refractivity contribution in [2.75, 3.05) is 13.1 Å². The molecule has 0 bridgehead atoms. The van der Waals surface area contributed by atoms with Crippen molar-refractivity contribution in [2.24, 2.45) is 0 Å². The van der Waals surface area contributed by atoms with Gasteiger partial charge < -0.3 is 5.11 Å². The van der Waals surface area contributed by atoms with Crippen molar-refractivity contribution >= 4 is 5.97 Å². The molecule has 0 aliphatic carbocycles. The number of carboxylic acids is 1. The van der Waals surface area contributed by atoms with Crippen LogP contribution in [-0.4, -0.2) is 34.6 Å². The fourth-order valence-electron chi connectivity index (χ4n) is 1.70. The third kappa shape index (κ3) is 4.47. The van der Waals surface area contributed by atoms with E-state index >= 15 is 0 Å². The van der Waals surface area contributed by atoms with Gasteiger partial charge in [-0.2, -0.15) is 0 Å². The molecule has 0 heterocycles. The van der Waals surface area contributed by atoms with E-state index < -0.39 is 5.97 Å². The third-order valence-electron chi connectivity index (χ3n) is 2.86. The lowest BCUT2D eigenvalue weighted by molar-refractivity contribution is -0.132. The minimum atomic E-state index is -0.828. The molecule has 0 aromatic heterocycles. The van der Waals surface area contributed by atoms with E-state index in [-0.39, 0.29) is 5.54 Å². The van der Waals surface area contributed by atoms with E-state index in [2.05, 4.69) is 32.6 Å². The minimum absolute atomic E-state index is 0.0280. The zero-order valence-corrected chi connectivity index (χ0v) is 10.5. The number of hydrogen-bond donors (Lipinski definition) is 1. The molecule has 0 aromatic carbocycles. The maximum Gasteiger partial charge on any atom is 0.330 e. The maximum absolute atomic E-state index is 10.6. The summed E-state index contributed by atoms with van der Waals surface area (Å²) in [7, 11) is 0. The van der Waals surface area contributed by atoms with Crippen molar-refractivity contribution in [1.29, 1.82) is 0 Å². The predicted octanol–water partition coefficient (Wildman–Crippen LogP) is 2.53. The Morgan fingerprint density at radius 2 is 1.80 bits per heavy atom. The Bertz CT molecular complexity index is 240. The molecule has 0 fully saturated rings. The molecule has 0 aliphatic rings. The number of aliphatic carboxylic acids is 1. The quantitative estimate of drug-likeness (QED) is 0.689. The molecule has 3 heteroatoms. The highest BCUT2D eigenvalue weighted by Crippen LogP contribution is 2.19. The molecule has 0 unspecified atom stereocenters. The summed E-state index contributed by atoms with van der Waals surface area (Å²) >= 11 is 0. The average Bonchev–Trinajstić information content (AvgIpc) is 2.15. The Morgan fingerprint density at radius 3 is 2.13 bits per heavy atom. The summed E-state index contributed by atoms with van der Waals surface area (Å²) in [6.07, 6.45) is 2.58. The topological polar surface area (TPSA) is 40.5 Å². The van der Waals surface area contributed by atoms with Crippen LogP contribution in [0.3, 0.4) is 0 Å². The molecule has 0 aromatic rings. The fraction of sp³-hybridized carbons (Fsp3) is 0.750. The number of carbonyl (C=O) groups is 1. The molecule has 1 N–H and O–H groups in total. The monoisotopic (exact) mass is 213 g/mol. The van der Waals surface area contributed by atoms with Crippen LogP contribution < -0.4 is 0 Å². The Hall–Kier alpha value is -0.830. The fourth-order valence-corrected chi connectivity index (χ4v) is 1.70. The minimum Gasteiger partial charge on any atom is -0.478 e. The summed E-state index contributed by atoms with van der Waals surface area (Å²) in [4.78, 5) is 13.0. The van der Waals surface area contributed by atoms with Crippen molar-refractivity contribution in [3.05, 3.63) is 11.6 Å². The first-order valence-electron chi connectivity index (χ1n) is 5.50. The van der Waals surface area contributed by atoms with E-state index in [1.807, 2.05) is 0 Å². The van der Waals surface area contributed by atoms with E-state index in [0.717, 1.165) is 19.5 Å². The molecule has 88 valence electrons. The van der Waals surface area contributed by atoms with Crippen LogP contribution in [0.1, 0.15) is 41.0 Å². The molecule has 0 aliphatic heterocycles. The number of hydrogen-bond acceptors (Lipinski definition) is 2. The Morgan fingerprint density at radius 1 is 1.33 bits per heavy atom. The lowest BCUT2D eigenvalue weighted by atomic mass is 9.96. The largest absolute Gasteiger partial charge is 0.478 e. The van der Waals surface area contributed by atoms with Gasteiger partial charge in [-0.3, -0.25) is 4.90 Å². The van der Waals surface area contributed by atoms with E-state index in [1.165, 1.54) is 0 Å². The first-order chi connectivity index (χ1) is 6.85. The van der Waals surface area contributed by atoms with Crippen LogP contribution in [0.5, 0.6) is 0 Å². The van der Waals surface area contributed by atoms with Crippen LogP contribution in [0.4, 0.5) is 0 Å². The summed E-state index contributed by atoms with van der Waals surface area (Å²) in [6.45, 7) is 12.2. The number of nitrogens with zero attached hydrogens (tertiary/aromatic N) is 1. The highest BCUT2D eigenvalue weighted by atomic mass is 16.4. The molecule has 0 spiro atoms. The molecule has 0 amide bonds. The summed E-state index contributed by atoms with van der Waals surface area (Å²) < 4.78 is 0. The zero-order chi connectivity index (χ0) is 12.1. The third-order valence-corrected chi connectivity index (χ3v) is 2.86. The Labute approximate surface area is 92.8 Å². The van der Waals surface area contributed by atoms with E-state index in [9.17, 15) is 4.79 Å². The van der Waals surface area contributed by atoms with Crippen LogP contribution in [-0.2, 0) is 4.79 Å². The van der Waals surface area contributed by atoms with Crippen LogP contribution in [0.15, 0.2) is 11.6 Å². The average molecular weight is 213 g/mol. The van der Waals surface area contributed by atoms with E-state index in [1.54, 1.807) is 13.0 Å². The smallest absolute Gasteiger partial charge is 0.330 e. The van der Waals surface area contributed by atoms with Gasteiger partial charge in [0.15, 0.2) is 0 Å². The van der Waals surface area contributed by atoms with Crippen LogP contribution in [0.2, 0.25) is 0 Å². The van der Waals surface area contributed by atoms with Gasteiger partial charge in [0.25, 0.3) is 0 Å². The number of carboxylic acid groups (broad SMARTS) is 1. The van der Waals surface area contributed by atoms with E-state index in [4.69, 9.17) is 5.11 Å². The molecule has 0 saturated heterocycles. The van der Waals surface area contributed by atoms with Gasteiger partial charge in [0.2, 0.25) is 0 Å². The van der Waals surface area contributed by atoms with Gasteiger partial charge in [-0.15, -0.1) is 0 Å². The lowest BCUT2D eigenvalue weighted by Gasteiger charge is -2.36. The van der Waals surface area contributed by atoms with Gasteiger partial charge in [-0.05, 0) is 40.3 Å². The van der Waals surface area contributed by atoms with Crippen LogP contribution in [0, 0.1) is 0 Å². The lowest BCUT2D eigenvalue weighted by Crippen LogP contribution is -2.43. The highest BCUT2D eigenvalue weighted by molar-refractivity contribution is 5.85. The molecule has 3 nitrogen and oxygen atoms in total. The van der Waals surface area contributed by atoms with E-state index in [0.29, 0.717) is 5.57 Å². The molecule has 0 atom stereocenters. The van der Waals surface area contributed by atoms with Crippen LogP contribution >= 0.6 is 0 Å². The highest BCUT2D eigenvalue weighted by Gasteiger charge is 2.22. The van der Waals surface area contributed by atoms with Crippen molar-refractivity contribution < 1.29 is 9.90 Å². The first kappa shape index (κ1) is 14.2. The molecule has 0 saturated carbocycles.